The number of amides is 1. The molecule has 0 unspecified atom stereocenters. The minimum atomic E-state index is -0.287. The lowest BCUT2D eigenvalue weighted by Crippen LogP contribution is -2.16. The Morgan fingerprint density at radius 1 is 1.47 bits per heavy atom. The van der Waals surface area contributed by atoms with Crippen molar-refractivity contribution in [1.29, 1.82) is 0 Å². The summed E-state index contributed by atoms with van der Waals surface area (Å²) in [6.07, 6.45) is 5.07. The van der Waals surface area contributed by atoms with Crippen molar-refractivity contribution < 1.29 is 4.79 Å². The maximum Gasteiger partial charge on any atom is 0.283 e. The molecule has 5 heteroatoms. The Labute approximate surface area is 120 Å². The molecule has 0 aliphatic carbocycles. The van der Waals surface area contributed by atoms with E-state index >= 15 is 0 Å². The van der Waals surface area contributed by atoms with Crippen LogP contribution < -0.4 is 5.43 Å². The van der Waals surface area contributed by atoms with Crippen LogP contribution in [0.25, 0.3) is 10.1 Å². The normalized spacial score (nSPS) is 11.7. The number of hydrogen-bond acceptors (Lipinski definition) is 3. The molecule has 3 nitrogen and oxygen atoms in total. The average molecular weight is 293 g/mol. The summed E-state index contributed by atoms with van der Waals surface area (Å²) in [6.45, 7) is 3.88. The monoisotopic (exact) mass is 292 g/mol. The summed E-state index contributed by atoms with van der Waals surface area (Å²) in [5.41, 5.74) is 3.60. The van der Waals surface area contributed by atoms with Crippen LogP contribution in [0.4, 0.5) is 0 Å². The third-order valence-corrected chi connectivity index (χ3v) is 4.17. The van der Waals surface area contributed by atoms with E-state index in [-0.39, 0.29) is 5.91 Å². The quantitative estimate of drug-likeness (QED) is 0.670. The predicted molar refractivity (Wildman–Crippen MR) is 82.3 cm³/mol. The van der Waals surface area contributed by atoms with E-state index in [4.69, 9.17) is 11.6 Å². The molecule has 0 bridgehead atoms. The molecule has 1 aromatic heterocycles. The Morgan fingerprint density at radius 3 is 3.00 bits per heavy atom. The third kappa shape index (κ3) is 3.03. The van der Waals surface area contributed by atoms with Crippen LogP contribution in [0.3, 0.4) is 0 Å². The topological polar surface area (TPSA) is 41.5 Å². The van der Waals surface area contributed by atoms with Crippen molar-refractivity contribution in [3.8, 4) is 0 Å². The van der Waals surface area contributed by atoms with Gasteiger partial charge in [-0.05, 0) is 31.6 Å². The lowest BCUT2D eigenvalue weighted by atomic mass is 10.2. The average Bonchev–Trinajstić information content (AvgIpc) is 2.71. The van der Waals surface area contributed by atoms with E-state index < -0.39 is 0 Å². The van der Waals surface area contributed by atoms with Crippen LogP contribution in [0.2, 0.25) is 5.02 Å². The number of aryl methyl sites for hydroxylation is 1. The SMILES string of the molecule is C/C=C/C=N/NC(=O)c1sc2cc(C)ccc2c1Cl. The summed E-state index contributed by atoms with van der Waals surface area (Å²) in [5, 5.41) is 5.19. The fraction of sp³-hybridized carbons (Fsp3) is 0.143. The van der Waals surface area contributed by atoms with Gasteiger partial charge in [-0.15, -0.1) is 11.3 Å². The molecule has 0 atom stereocenters. The highest BCUT2D eigenvalue weighted by Crippen LogP contribution is 2.35. The van der Waals surface area contributed by atoms with Gasteiger partial charge >= 0.3 is 0 Å². The number of nitrogens with one attached hydrogen (secondary N) is 1. The van der Waals surface area contributed by atoms with Gasteiger partial charge in [-0.25, -0.2) is 5.43 Å². The Morgan fingerprint density at radius 2 is 2.26 bits per heavy atom. The minimum Gasteiger partial charge on any atom is -0.266 e. The van der Waals surface area contributed by atoms with E-state index in [0.717, 1.165) is 15.6 Å². The molecule has 0 spiro atoms. The highest BCUT2D eigenvalue weighted by Gasteiger charge is 2.16. The first-order valence-electron chi connectivity index (χ1n) is 5.77. The maximum atomic E-state index is 12.0. The van der Waals surface area contributed by atoms with Crippen LogP contribution in [-0.2, 0) is 0 Å². The summed E-state index contributed by atoms with van der Waals surface area (Å²) in [6, 6.07) is 5.93. The van der Waals surface area contributed by atoms with E-state index in [1.54, 1.807) is 6.08 Å². The molecule has 0 fully saturated rings. The molecular weight excluding hydrogens is 280 g/mol. The Kier molecular flexibility index (Phi) is 4.35. The largest absolute Gasteiger partial charge is 0.283 e. The molecule has 0 radical (unpaired) electrons. The van der Waals surface area contributed by atoms with Gasteiger partial charge < -0.3 is 0 Å². The number of fused-ring (bicyclic) bond motifs is 1. The van der Waals surface area contributed by atoms with Gasteiger partial charge in [-0.2, -0.15) is 5.10 Å². The zero-order valence-electron chi connectivity index (χ0n) is 10.6. The van der Waals surface area contributed by atoms with Gasteiger partial charge in [0.25, 0.3) is 5.91 Å². The Bertz CT molecular complexity index is 673. The Balaban J connectivity index is 2.29. The number of rotatable bonds is 3. The van der Waals surface area contributed by atoms with Crippen molar-refractivity contribution in [3.63, 3.8) is 0 Å². The second-order valence-corrected chi connectivity index (χ2v) is 5.42. The second kappa shape index (κ2) is 5.99. The summed E-state index contributed by atoms with van der Waals surface area (Å²) >= 11 is 7.60. The fourth-order valence-electron chi connectivity index (χ4n) is 1.59. The molecule has 1 heterocycles. The van der Waals surface area contributed by atoms with Crippen LogP contribution in [-0.4, -0.2) is 12.1 Å². The highest BCUT2D eigenvalue weighted by molar-refractivity contribution is 7.21. The second-order valence-electron chi connectivity index (χ2n) is 3.99. The zero-order chi connectivity index (χ0) is 13.8. The molecule has 19 heavy (non-hydrogen) atoms. The van der Waals surface area contributed by atoms with Crippen molar-refractivity contribution >= 4 is 45.1 Å². The molecule has 2 rings (SSSR count). The standard InChI is InChI=1S/C14H13ClN2OS/c1-3-4-7-16-17-14(18)13-12(15)10-6-5-9(2)8-11(10)19-13/h3-8H,1-2H3,(H,17,18)/b4-3+,16-7+. The van der Waals surface area contributed by atoms with E-state index in [9.17, 15) is 4.79 Å². The molecule has 2 aromatic rings. The Hall–Kier alpha value is -1.65. The first kappa shape index (κ1) is 13.8. The third-order valence-electron chi connectivity index (χ3n) is 2.51. The van der Waals surface area contributed by atoms with Gasteiger partial charge in [0.15, 0.2) is 0 Å². The van der Waals surface area contributed by atoms with Gasteiger partial charge in [-0.3, -0.25) is 4.79 Å². The van der Waals surface area contributed by atoms with E-state index in [2.05, 4.69) is 10.5 Å². The number of benzene rings is 1. The van der Waals surface area contributed by atoms with Crippen molar-refractivity contribution in [2.75, 3.05) is 0 Å². The zero-order valence-corrected chi connectivity index (χ0v) is 12.2. The van der Waals surface area contributed by atoms with Crippen LogP contribution >= 0.6 is 22.9 Å². The highest BCUT2D eigenvalue weighted by atomic mass is 35.5. The van der Waals surface area contributed by atoms with Crippen molar-refractivity contribution in [3.05, 3.63) is 45.8 Å². The number of allylic oxidation sites excluding steroid dienone is 2. The van der Waals surface area contributed by atoms with Gasteiger partial charge in [0.2, 0.25) is 0 Å². The number of hydrazone groups is 1. The van der Waals surface area contributed by atoms with E-state index in [0.29, 0.717) is 9.90 Å². The van der Waals surface area contributed by atoms with Gasteiger partial charge in [0.1, 0.15) is 4.88 Å². The van der Waals surface area contributed by atoms with Crippen molar-refractivity contribution in [2.24, 2.45) is 5.10 Å². The number of halogens is 1. The first-order valence-corrected chi connectivity index (χ1v) is 6.96. The van der Waals surface area contributed by atoms with Crippen LogP contribution in [0.15, 0.2) is 35.5 Å². The van der Waals surface area contributed by atoms with E-state index in [1.165, 1.54) is 17.6 Å². The molecule has 0 aliphatic heterocycles. The lowest BCUT2D eigenvalue weighted by Gasteiger charge is -1.95. The number of nitrogens with zero attached hydrogens (tertiary/aromatic N) is 1. The van der Waals surface area contributed by atoms with Gasteiger partial charge in [0, 0.05) is 16.3 Å². The van der Waals surface area contributed by atoms with E-state index in [1.807, 2.05) is 38.1 Å². The molecule has 1 N–H and O–H groups in total. The molecule has 0 aliphatic rings. The van der Waals surface area contributed by atoms with Gasteiger partial charge in [0.05, 0.1) is 5.02 Å². The van der Waals surface area contributed by atoms with Crippen LogP contribution in [0.1, 0.15) is 22.2 Å². The smallest absolute Gasteiger partial charge is 0.266 e. The number of carbonyl (C=O) groups is 1. The maximum absolute atomic E-state index is 12.0. The van der Waals surface area contributed by atoms with Crippen LogP contribution in [0, 0.1) is 6.92 Å². The molecule has 1 aromatic carbocycles. The van der Waals surface area contributed by atoms with Crippen LogP contribution in [0.5, 0.6) is 0 Å². The number of hydrogen-bond donors (Lipinski definition) is 1. The fourth-order valence-corrected chi connectivity index (χ4v) is 3.10. The lowest BCUT2D eigenvalue weighted by molar-refractivity contribution is 0.0959. The number of thiophene rings is 1. The first-order chi connectivity index (χ1) is 9.13. The molecule has 0 saturated heterocycles. The van der Waals surface area contributed by atoms with Gasteiger partial charge in [-0.1, -0.05) is 29.8 Å². The number of carbonyl (C=O) groups excluding carboxylic acids is 1. The molecular formula is C14H13ClN2OS. The molecule has 98 valence electrons. The van der Waals surface area contributed by atoms with Crippen molar-refractivity contribution in [2.45, 2.75) is 13.8 Å². The molecule has 0 saturated carbocycles. The predicted octanol–water partition coefficient (Wildman–Crippen LogP) is 4.15. The summed E-state index contributed by atoms with van der Waals surface area (Å²) in [4.78, 5) is 12.4. The summed E-state index contributed by atoms with van der Waals surface area (Å²) in [5.74, 6) is -0.287. The summed E-state index contributed by atoms with van der Waals surface area (Å²) in [7, 11) is 0. The molecule has 1 amide bonds. The van der Waals surface area contributed by atoms with Crippen molar-refractivity contribution in [1.82, 2.24) is 5.43 Å². The minimum absolute atomic E-state index is 0.287. The summed E-state index contributed by atoms with van der Waals surface area (Å²) < 4.78 is 1.01.